The maximum Gasteiger partial charge on any atom is 0.274 e. The topological polar surface area (TPSA) is 71.9 Å². The summed E-state index contributed by atoms with van der Waals surface area (Å²) in [7, 11) is 3.45. The number of amides is 1. The first-order valence-electron chi connectivity index (χ1n) is 7.65. The van der Waals surface area contributed by atoms with Crippen LogP contribution in [0.2, 0.25) is 5.02 Å². The average molecular weight is 355 g/mol. The van der Waals surface area contributed by atoms with E-state index >= 15 is 0 Å². The number of aromatic nitrogens is 3. The summed E-state index contributed by atoms with van der Waals surface area (Å²) in [6.07, 6.45) is 0. The van der Waals surface area contributed by atoms with Crippen molar-refractivity contribution in [1.29, 1.82) is 0 Å². The Bertz CT molecular complexity index is 1110. The Hall–Kier alpha value is -2.99. The SMILES string of the molecule is COc1ccc2cc(C(=O)Nc3nc4cc(Cl)ccc4n3C)[nH]c2c1. The molecule has 4 rings (SSSR count). The fourth-order valence-corrected chi connectivity index (χ4v) is 2.98. The molecule has 0 aliphatic heterocycles. The van der Waals surface area contributed by atoms with Gasteiger partial charge in [-0.2, -0.15) is 0 Å². The number of fused-ring (bicyclic) bond motifs is 2. The number of imidazole rings is 1. The number of carbonyl (C=O) groups excluding carboxylic acids is 1. The lowest BCUT2D eigenvalue weighted by molar-refractivity contribution is 0.102. The van der Waals surface area contributed by atoms with Crippen LogP contribution in [-0.4, -0.2) is 27.6 Å². The zero-order chi connectivity index (χ0) is 17.6. The standard InChI is InChI=1S/C18H15ClN4O2/c1-23-16-6-4-11(19)8-14(16)21-18(23)22-17(24)15-7-10-3-5-12(25-2)9-13(10)20-15/h3-9,20H,1-2H3,(H,21,22,24). The van der Waals surface area contributed by atoms with E-state index < -0.39 is 0 Å². The van der Waals surface area contributed by atoms with Crippen molar-refractivity contribution in [2.24, 2.45) is 7.05 Å². The molecule has 0 bridgehead atoms. The summed E-state index contributed by atoms with van der Waals surface area (Å²) in [5, 5.41) is 4.37. The first kappa shape index (κ1) is 15.5. The lowest BCUT2D eigenvalue weighted by atomic mass is 10.2. The van der Waals surface area contributed by atoms with Crippen LogP contribution in [0.15, 0.2) is 42.5 Å². The highest BCUT2D eigenvalue weighted by Crippen LogP contribution is 2.24. The van der Waals surface area contributed by atoms with Gasteiger partial charge < -0.3 is 14.3 Å². The van der Waals surface area contributed by atoms with Gasteiger partial charge in [0.05, 0.1) is 18.1 Å². The van der Waals surface area contributed by atoms with Gasteiger partial charge >= 0.3 is 0 Å². The molecule has 2 N–H and O–H groups in total. The molecule has 126 valence electrons. The monoisotopic (exact) mass is 354 g/mol. The number of nitrogens with zero attached hydrogens (tertiary/aromatic N) is 2. The molecular weight excluding hydrogens is 340 g/mol. The van der Waals surface area contributed by atoms with Gasteiger partial charge in [-0.3, -0.25) is 10.1 Å². The molecule has 0 radical (unpaired) electrons. The van der Waals surface area contributed by atoms with Gasteiger partial charge in [0.25, 0.3) is 5.91 Å². The van der Waals surface area contributed by atoms with Crippen molar-refractivity contribution in [2.45, 2.75) is 0 Å². The van der Waals surface area contributed by atoms with Crippen molar-refractivity contribution in [1.82, 2.24) is 14.5 Å². The van der Waals surface area contributed by atoms with E-state index in [1.807, 2.05) is 35.9 Å². The Labute approximate surface area is 148 Å². The summed E-state index contributed by atoms with van der Waals surface area (Å²) in [5.74, 6) is 0.923. The third kappa shape index (κ3) is 2.70. The molecule has 25 heavy (non-hydrogen) atoms. The van der Waals surface area contributed by atoms with Crippen LogP contribution < -0.4 is 10.1 Å². The molecule has 7 heteroatoms. The lowest BCUT2D eigenvalue weighted by Crippen LogP contribution is -2.15. The molecule has 1 amide bonds. The van der Waals surface area contributed by atoms with Crippen LogP contribution in [0.5, 0.6) is 5.75 Å². The van der Waals surface area contributed by atoms with Gasteiger partial charge in [-0.1, -0.05) is 11.6 Å². The third-order valence-corrected chi connectivity index (χ3v) is 4.38. The van der Waals surface area contributed by atoms with Gasteiger partial charge in [-0.15, -0.1) is 0 Å². The Kier molecular flexibility index (Phi) is 3.62. The highest BCUT2D eigenvalue weighted by molar-refractivity contribution is 6.31. The van der Waals surface area contributed by atoms with Crippen molar-refractivity contribution in [2.75, 3.05) is 12.4 Å². The number of methoxy groups -OCH3 is 1. The molecule has 0 saturated carbocycles. The number of hydrogen-bond donors (Lipinski definition) is 2. The first-order chi connectivity index (χ1) is 12.0. The minimum absolute atomic E-state index is 0.264. The van der Waals surface area contributed by atoms with Crippen molar-refractivity contribution in [3.63, 3.8) is 0 Å². The molecular formula is C18H15ClN4O2. The smallest absolute Gasteiger partial charge is 0.274 e. The van der Waals surface area contributed by atoms with Crippen molar-refractivity contribution in [3.8, 4) is 5.75 Å². The number of nitrogens with one attached hydrogen (secondary N) is 2. The summed E-state index contributed by atoms with van der Waals surface area (Å²) in [4.78, 5) is 20.1. The van der Waals surface area contributed by atoms with Gasteiger partial charge in [0, 0.05) is 29.0 Å². The average Bonchev–Trinajstić information content (AvgIpc) is 3.15. The van der Waals surface area contributed by atoms with Crippen LogP contribution in [0.4, 0.5) is 5.95 Å². The van der Waals surface area contributed by atoms with Gasteiger partial charge in [-0.25, -0.2) is 4.98 Å². The fourth-order valence-electron chi connectivity index (χ4n) is 2.81. The molecule has 0 atom stereocenters. The number of halogens is 1. The minimum Gasteiger partial charge on any atom is -0.497 e. The van der Waals surface area contributed by atoms with E-state index in [1.54, 1.807) is 25.3 Å². The lowest BCUT2D eigenvalue weighted by Gasteiger charge is -2.03. The summed E-state index contributed by atoms with van der Waals surface area (Å²) < 4.78 is 7.02. The van der Waals surface area contributed by atoms with Crippen LogP contribution in [0.3, 0.4) is 0 Å². The molecule has 2 heterocycles. The summed E-state index contributed by atoms with van der Waals surface area (Å²) >= 11 is 6.00. The molecule has 0 aliphatic rings. The molecule has 0 spiro atoms. The molecule has 4 aromatic rings. The Balaban J connectivity index is 1.66. The molecule has 0 aliphatic carbocycles. The second kappa shape index (κ2) is 5.82. The molecule has 6 nitrogen and oxygen atoms in total. The predicted octanol–water partition coefficient (Wildman–Crippen LogP) is 3.97. The number of H-pyrrole nitrogens is 1. The second-order valence-electron chi connectivity index (χ2n) is 5.72. The number of benzene rings is 2. The second-order valence-corrected chi connectivity index (χ2v) is 6.15. The number of aryl methyl sites for hydroxylation is 1. The molecule has 0 fully saturated rings. The van der Waals surface area contributed by atoms with E-state index in [0.717, 1.165) is 27.7 Å². The van der Waals surface area contributed by atoms with Gasteiger partial charge in [0.1, 0.15) is 11.4 Å². The number of ether oxygens (including phenoxy) is 1. The van der Waals surface area contributed by atoms with Crippen LogP contribution in [-0.2, 0) is 7.05 Å². The van der Waals surface area contributed by atoms with Crippen LogP contribution in [0, 0.1) is 0 Å². The van der Waals surface area contributed by atoms with Crippen LogP contribution in [0.1, 0.15) is 10.5 Å². The number of rotatable bonds is 3. The van der Waals surface area contributed by atoms with Gasteiger partial charge in [0.2, 0.25) is 5.95 Å². The van der Waals surface area contributed by atoms with Gasteiger partial charge in [-0.05, 0) is 36.4 Å². The fraction of sp³-hybridized carbons (Fsp3) is 0.111. The van der Waals surface area contributed by atoms with E-state index in [9.17, 15) is 4.79 Å². The number of hydrogen-bond acceptors (Lipinski definition) is 3. The van der Waals surface area contributed by atoms with Crippen LogP contribution >= 0.6 is 11.6 Å². The van der Waals surface area contributed by atoms with E-state index in [1.165, 1.54) is 0 Å². The van der Waals surface area contributed by atoms with E-state index in [0.29, 0.717) is 16.7 Å². The third-order valence-electron chi connectivity index (χ3n) is 4.14. The highest BCUT2D eigenvalue weighted by atomic mass is 35.5. The normalized spacial score (nSPS) is 11.2. The number of anilines is 1. The maximum atomic E-state index is 12.6. The zero-order valence-electron chi connectivity index (χ0n) is 13.6. The zero-order valence-corrected chi connectivity index (χ0v) is 14.4. The Morgan fingerprint density at radius 2 is 2.08 bits per heavy atom. The minimum atomic E-state index is -0.264. The summed E-state index contributed by atoms with van der Waals surface area (Å²) in [6.45, 7) is 0. The summed E-state index contributed by atoms with van der Waals surface area (Å²) in [5.41, 5.74) is 2.90. The molecule has 2 aromatic carbocycles. The van der Waals surface area contributed by atoms with Crippen molar-refractivity contribution < 1.29 is 9.53 Å². The molecule has 0 unspecified atom stereocenters. The predicted molar refractivity (Wildman–Crippen MR) is 98.5 cm³/mol. The largest absolute Gasteiger partial charge is 0.497 e. The van der Waals surface area contributed by atoms with Crippen molar-refractivity contribution >= 4 is 45.4 Å². The highest BCUT2D eigenvalue weighted by Gasteiger charge is 2.14. The number of aromatic amines is 1. The molecule has 2 aromatic heterocycles. The van der Waals surface area contributed by atoms with E-state index in [4.69, 9.17) is 16.3 Å². The quantitative estimate of drug-likeness (QED) is 0.584. The van der Waals surface area contributed by atoms with Crippen LogP contribution in [0.25, 0.3) is 21.9 Å². The van der Waals surface area contributed by atoms with E-state index in [2.05, 4.69) is 15.3 Å². The maximum absolute atomic E-state index is 12.6. The number of carbonyl (C=O) groups is 1. The van der Waals surface area contributed by atoms with Crippen molar-refractivity contribution in [3.05, 3.63) is 53.2 Å². The van der Waals surface area contributed by atoms with E-state index in [-0.39, 0.29) is 5.91 Å². The Morgan fingerprint density at radius 1 is 1.24 bits per heavy atom. The Morgan fingerprint density at radius 3 is 2.88 bits per heavy atom. The first-order valence-corrected chi connectivity index (χ1v) is 8.03. The van der Waals surface area contributed by atoms with Gasteiger partial charge in [0.15, 0.2) is 0 Å². The summed E-state index contributed by atoms with van der Waals surface area (Å²) in [6, 6.07) is 12.8. The molecule has 0 saturated heterocycles.